The zero-order valence-corrected chi connectivity index (χ0v) is 6.73. The Morgan fingerprint density at radius 1 is 1.83 bits per heavy atom. The molecule has 1 aromatic heterocycles. The molecule has 0 spiro atoms. The quantitative estimate of drug-likeness (QED) is 0.508. The third-order valence-electron chi connectivity index (χ3n) is 0.904. The van der Waals surface area contributed by atoms with Crippen LogP contribution in [0.25, 0.3) is 0 Å². The minimum absolute atomic E-state index is 0.0787. The van der Waals surface area contributed by atoms with E-state index in [1.165, 1.54) is 6.33 Å². The van der Waals surface area contributed by atoms with Crippen LogP contribution < -0.4 is 0 Å². The van der Waals surface area contributed by atoms with E-state index in [4.69, 9.17) is 5.11 Å². The third-order valence-corrected chi connectivity index (χ3v) is 0.904. The second kappa shape index (κ2) is 6.29. The number of aliphatic hydroxyl groups is 1. The monoisotopic (exact) mass is 173 g/mol. The smallest absolute Gasteiger partial charge is 0.340 e. The maximum atomic E-state index is 9.80. The second-order valence-corrected chi connectivity index (χ2v) is 1.92. The lowest BCUT2D eigenvalue weighted by atomic mass is 10.5. The number of aliphatic hydroxyl groups excluding tert-OH is 1. The molecule has 0 bridgehead atoms. The summed E-state index contributed by atoms with van der Waals surface area (Å²) in [5.74, 6) is -0.0787. The molecule has 0 atom stereocenters. The molecule has 0 amide bonds. The van der Waals surface area contributed by atoms with Gasteiger partial charge in [-0.3, -0.25) is 0 Å². The Balaban J connectivity index is 0.000000261. The van der Waals surface area contributed by atoms with Gasteiger partial charge in [-0.1, -0.05) is 6.92 Å². The van der Waals surface area contributed by atoms with Crippen LogP contribution in [-0.4, -0.2) is 26.6 Å². The number of nitrogens with one attached hydrogen (secondary N) is 1. The van der Waals surface area contributed by atoms with Crippen LogP contribution in [0, 0.1) is 10.1 Å². The van der Waals surface area contributed by atoms with E-state index in [9.17, 15) is 10.1 Å². The summed E-state index contributed by atoms with van der Waals surface area (Å²) in [4.78, 5) is 15.0. The van der Waals surface area contributed by atoms with Gasteiger partial charge in [-0.15, -0.1) is 0 Å². The lowest BCUT2D eigenvalue weighted by Crippen LogP contribution is -1.85. The number of hydrogen-bond acceptors (Lipinski definition) is 4. The Morgan fingerprint density at radius 2 is 2.42 bits per heavy atom. The van der Waals surface area contributed by atoms with Crippen molar-refractivity contribution in [3.8, 4) is 0 Å². The number of imidazole rings is 1. The topological polar surface area (TPSA) is 92.0 Å². The highest BCUT2D eigenvalue weighted by Gasteiger charge is 1.99. The largest absolute Gasteiger partial charge is 0.396 e. The van der Waals surface area contributed by atoms with Gasteiger partial charge in [-0.25, -0.2) is 9.97 Å². The van der Waals surface area contributed by atoms with Crippen molar-refractivity contribution < 1.29 is 10.0 Å². The molecular formula is C6H11N3O3. The molecule has 0 saturated carbocycles. The van der Waals surface area contributed by atoms with Gasteiger partial charge in [0.05, 0.1) is 0 Å². The van der Waals surface area contributed by atoms with Crippen molar-refractivity contribution in [3.63, 3.8) is 0 Å². The molecule has 0 radical (unpaired) electrons. The highest BCUT2D eigenvalue weighted by Crippen LogP contribution is 1.99. The third kappa shape index (κ3) is 4.40. The van der Waals surface area contributed by atoms with Crippen LogP contribution in [-0.2, 0) is 0 Å². The Morgan fingerprint density at radius 3 is 2.58 bits per heavy atom. The highest BCUT2D eigenvalue weighted by molar-refractivity contribution is 5.09. The van der Waals surface area contributed by atoms with Crippen molar-refractivity contribution >= 4 is 5.82 Å². The Bertz CT molecular complexity index is 208. The molecular weight excluding hydrogens is 162 g/mol. The van der Waals surface area contributed by atoms with E-state index in [-0.39, 0.29) is 5.82 Å². The average Bonchev–Trinajstić information content (AvgIpc) is 2.57. The highest BCUT2D eigenvalue weighted by atomic mass is 16.6. The van der Waals surface area contributed by atoms with Crippen molar-refractivity contribution in [1.82, 2.24) is 9.97 Å². The van der Waals surface area contributed by atoms with Crippen molar-refractivity contribution in [2.75, 3.05) is 6.61 Å². The number of aromatic amines is 1. The van der Waals surface area contributed by atoms with Gasteiger partial charge in [0.25, 0.3) is 0 Å². The summed E-state index contributed by atoms with van der Waals surface area (Å²) < 4.78 is 0. The van der Waals surface area contributed by atoms with Gasteiger partial charge in [-0.05, 0) is 11.3 Å². The van der Waals surface area contributed by atoms with E-state index in [0.717, 1.165) is 12.6 Å². The van der Waals surface area contributed by atoms with E-state index in [2.05, 4.69) is 9.97 Å². The molecule has 0 aliphatic carbocycles. The fraction of sp³-hybridized carbons (Fsp3) is 0.500. The van der Waals surface area contributed by atoms with Gasteiger partial charge < -0.3 is 15.2 Å². The summed E-state index contributed by atoms with van der Waals surface area (Å²) in [6.45, 7) is 2.25. The first-order valence-corrected chi connectivity index (χ1v) is 3.46. The first kappa shape index (κ1) is 10.6. The summed E-state index contributed by atoms with van der Waals surface area (Å²) in [5.41, 5.74) is 0. The lowest BCUT2D eigenvalue weighted by molar-refractivity contribution is -0.389. The fourth-order valence-electron chi connectivity index (χ4n) is 0.348. The number of nitro groups is 1. The van der Waals surface area contributed by atoms with Gasteiger partial charge in [0, 0.05) is 6.61 Å². The van der Waals surface area contributed by atoms with Crippen LogP contribution in [0.15, 0.2) is 12.5 Å². The Labute approximate surface area is 69.4 Å². The van der Waals surface area contributed by atoms with Gasteiger partial charge in [-0.2, -0.15) is 0 Å². The van der Waals surface area contributed by atoms with Crippen LogP contribution in [0.3, 0.4) is 0 Å². The first-order chi connectivity index (χ1) is 5.72. The molecule has 2 N–H and O–H groups in total. The predicted molar refractivity (Wildman–Crippen MR) is 42.6 cm³/mol. The minimum Gasteiger partial charge on any atom is -0.396 e. The average molecular weight is 173 g/mol. The zero-order valence-electron chi connectivity index (χ0n) is 6.73. The molecule has 0 aliphatic heterocycles. The molecule has 12 heavy (non-hydrogen) atoms. The lowest BCUT2D eigenvalue weighted by Gasteiger charge is -1.83. The maximum absolute atomic E-state index is 9.80. The summed E-state index contributed by atoms with van der Waals surface area (Å²) in [5, 5.41) is 17.7. The summed E-state index contributed by atoms with van der Waals surface area (Å²) in [6, 6.07) is 0. The van der Waals surface area contributed by atoms with E-state index in [0.29, 0.717) is 6.61 Å². The number of rotatable bonds is 2. The van der Waals surface area contributed by atoms with Crippen LogP contribution in [0.1, 0.15) is 13.3 Å². The Kier molecular flexibility index (Phi) is 5.54. The molecule has 0 fully saturated rings. The molecule has 1 heterocycles. The summed E-state index contributed by atoms with van der Waals surface area (Å²) in [6.07, 6.45) is 3.29. The van der Waals surface area contributed by atoms with Crippen molar-refractivity contribution in [3.05, 3.63) is 22.6 Å². The first-order valence-electron chi connectivity index (χ1n) is 3.46. The standard InChI is InChI=1S/C3H3N3O2.C3H8O/c7-6(8)3-1-4-2-5-3;1-2-3-4/h1-2H,(H,4,5);4H,2-3H2,1H3. The van der Waals surface area contributed by atoms with E-state index in [1.54, 1.807) is 0 Å². The van der Waals surface area contributed by atoms with Gasteiger partial charge in [0.1, 0.15) is 6.20 Å². The van der Waals surface area contributed by atoms with Crippen LogP contribution in [0.4, 0.5) is 5.82 Å². The SMILES string of the molecule is CCCO.O=[N+]([O-])c1cnc[nH]1. The van der Waals surface area contributed by atoms with E-state index >= 15 is 0 Å². The van der Waals surface area contributed by atoms with E-state index in [1.807, 2.05) is 6.92 Å². The number of nitrogens with zero attached hydrogens (tertiary/aromatic N) is 2. The van der Waals surface area contributed by atoms with E-state index < -0.39 is 4.92 Å². The van der Waals surface area contributed by atoms with Crippen LogP contribution in [0.2, 0.25) is 0 Å². The van der Waals surface area contributed by atoms with Crippen LogP contribution in [0.5, 0.6) is 0 Å². The summed E-state index contributed by atoms with van der Waals surface area (Å²) in [7, 11) is 0. The van der Waals surface area contributed by atoms with Crippen molar-refractivity contribution in [1.29, 1.82) is 0 Å². The van der Waals surface area contributed by atoms with Crippen molar-refractivity contribution in [2.24, 2.45) is 0 Å². The minimum atomic E-state index is -0.535. The summed E-state index contributed by atoms with van der Waals surface area (Å²) >= 11 is 0. The molecule has 0 aliphatic rings. The molecule has 1 rings (SSSR count). The van der Waals surface area contributed by atoms with Gasteiger partial charge >= 0.3 is 5.82 Å². The molecule has 0 aromatic carbocycles. The number of aromatic nitrogens is 2. The zero-order chi connectivity index (χ0) is 9.40. The molecule has 6 nitrogen and oxygen atoms in total. The maximum Gasteiger partial charge on any atom is 0.340 e. The molecule has 1 aromatic rings. The van der Waals surface area contributed by atoms with Crippen LogP contribution >= 0.6 is 0 Å². The normalized spacial score (nSPS) is 8.50. The Hall–Kier alpha value is -1.43. The number of hydrogen-bond donors (Lipinski definition) is 2. The van der Waals surface area contributed by atoms with Gasteiger partial charge in [0.15, 0.2) is 6.33 Å². The number of H-pyrrole nitrogens is 1. The predicted octanol–water partition coefficient (Wildman–Crippen LogP) is 0.707. The molecule has 0 saturated heterocycles. The molecule has 68 valence electrons. The molecule has 6 heteroatoms. The van der Waals surface area contributed by atoms with Crippen molar-refractivity contribution in [2.45, 2.75) is 13.3 Å². The fourth-order valence-corrected chi connectivity index (χ4v) is 0.348. The second-order valence-electron chi connectivity index (χ2n) is 1.92. The molecule has 0 unspecified atom stereocenters. The van der Waals surface area contributed by atoms with Gasteiger partial charge in [0.2, 0.25) is 0 Å².